The Labute approximate surface area is 113 Å². The number of aromatic nitrogens is 1. The van der Waals surface area contributed by atoms with Crippen LogP contribution in [0.2, 0.25) is 0 Å². The molecular weight excluding hydrogens is 286 g/mol. The van der Waals surface area contributed by atoms with Gasteiger partial charge in [-0.1, -0.05) is 17.4 Å². The van der Waals surface area contributed by atoms with Crippen LogP contribution in [-0.2, 0) is 16.6 Å². The number of nitrogens with one attached hydrogen (secondary N) is 2. The van der Waals surface area contributed by atoms with Crippen LogP contribution in [0.3, 0.4) is 0 Å². The van der Waals surface area contributed by atoms with Gasteiger partial charge in [-0.15, -0.1) is 0 Å². The highest BCUT2D eigenvalue weighted by Crippen LogP contribution is 2.11. The Balaban J connectivity index is 2.18. The second-order valence-electron chi connectivity index (χ2n) is 3.64. The summed E-state index contributed by atoms with van der Waals surface area (Å²) in [5.41, 5.74) is 0.766. The molecule has 0 amide bonds. The fourth-order valence-corrected chi connectivity index (χ4v) is 3.02. The quantitative estimate of drug-likeness (QED) is 0.870. The molecule has 1 heterocycles. The highest BCUT2D eigenvalue weighted by molar-refractivity contribution is 7.89. The number of nitriles is 1. The molecule has 0 fully saturated rings. The van der Waals surface area contributed by atoms with Gasteiger partial charge in [-0.3, -0.25) is 4.79 Å². The third-order valence-corrected chi connectivity index (χ3v) is 4.41. The highest BCUT2D eigenvalue weighted by atomic mass is 32.2. The molecule has 19 heavy (non-hydrogen) atoms. The summed E-state index contributed by atoms with van der Waals surface area (Å²) in [6, 6.07) is 7.59. The SMILES string of the molecule is N#Cc1cccc(S(=O)(=O)NCc2csc(=O)[nH]2)c1. The van der Waals surface area contributed by atoms with Crippen molar-refractivity contribution >= 4 is 21.4 Å². The minimum absolute atomic E-state index is 0.00213. The summed E-state index contributed by atoms with van der Waals surface area (Å²) in [7, 11) is -3.70. The number of thiazole rings is 1. The van der Waals surface area contributed by atoms with Crippen molar-refractivity contribution in [1.29, 1.82) is 5.26 Å². The van der Waals surface area contributed by atoms with E-state index in [1.54, 1.807) is 5.38 Å². The van der Waals surface area contributed by atoms with E-state index in [0.717, 1.165) is 11.3 Å². The minimum Gasteiger partial charge on any atom is -0.315 e. The Bertz CT molecular complexity index is 784. The second-order valence-corrected chi connectivity index (χ2v) is 6.25. The zero-order valence-electron chi connectivity index (χ0n) is 9.58. The lowest BCUT2D eigenvalue weighted by Gasteiger charge is -2.05. The number of sulfonamides is 1. The summed E-state index contributed by atoms with van der Waals surface area (Å²) in [5.74, 6) is 0. The molecule has 2 aromatic rings. The summed E-state index contributed by atoms with van der Waals surface area (Å²) in [4.78, 5) is 13.2. The lowest BCUT2D eigenvalue weighted by molar-refractivity contribution is 0.580. The molecule has 0 spiro atoms. The number of hydrogen-bond acceptors (Lipinski definition) is 5. The molecule has 2 rings (SSSR count). The lowest BCUT2D eigenvalue weighted by Crippen LogP contribution is -2.23. The predicted molar refractivity (Wildman–Crippen MR) is 70.1 cm³/mol. The van der Waals surface area contributed by atoms with E-state index in [2.05, 4.69) is 9.71 Å². The van der Waals surface area contributed by atoms with Gasteiger partial charge in [-0.25, -0.2) is 13.1 Å². The monoisotopic (exact) mass is 295 g/mol. The van der Waals surface area contributed by atoms with E-state index in [9.17, 15) is 13.2 Å². The maximum Gasteiger partial charge on any atom is 0.304 e. The number of aromatic amines is 1. The van der Waals surface area contributed by atoms with Gasteiger partial charge in [0.15, 0.2) is 0 Å². The first kappa shape index (κ1) is 13.5. The molecule has 0 unspecified atom stereocenters. The molecule has 98 valence electrons. The maximum absolute atomic E-state index is 12.0. The molecule has 2 N–H and O–H groups in total. The molecule has 1 aromatic carbocycles. The summed E-state index contributed by atoms with van der Waals surface area (Å²) < 4.78 is 26.3. The molecule has 0 atom stereocenters. The summed E-state index contributed by atoms with van der Waals surface area (Å²) in [6.07, 6.45) is 0. The first-order valence-electron chi connectivity index (χ1n) is 5.18. The zero-order valence-corrected chi connectivity index (χ0v) is 11.2. The van der Waals surface area contributed by atoms with Gasteiger partial charge in [-0.2, -0.15) is 5.26 Å². The van der Waals surface area contributed by atoms with Crippen molar-refractivity contribution in [1.82, 2.24) is 9.71 Å². The van der Waals surface area contributed by atoms with Crippen LogP contribution in [0.5, 0.6) is 0 Å². The van der Waals surface area contributed by atoms with Gasteiger partial charge in [0.1, 0.15) is 0 Å². The topological polar surface area (TPSA) is 103 Å². The van der Waals surface area contributed by atoms with E-state index in [-0.39, 0.29) is 21.9 Å². The number of rotatable bonds is 4. The summed E-state index contributed by atoms with van der Waals surface area (Å²) >= 11 is 0.968. The first-order valence-corrected chi connectivity index (χ1v) is 7.54. The molecule has 0 saturated carbocycles. The highest BCUT2D eigenvalue weighted by Gasteiger charge is 2.14. The van der Waals surface area contributed by atoms with Crippen LogP contribution in [0, 0.1) is 11.3 Å². The van der Waals surface area contributed by atoms with E-state index >= 15 is 0 Å². The Morgan fingerprint density at radius 1 is 1.42 bits per heavy atom. The van der Waals surface area contributed by atoms with Crippen LogP contribution in [0.4, 0.5) is 0 Å². The maximum atomic E-state index is 12.0. The van der Waals surface area contributed by atoms with E-state index < -0.39 is 10.0 Å². The van der Waals surface area contributed by atoms with Gasteiger partial charge in [-0.05, 0) is 18.2 Å². The van der Waals surface area contributed by atoms with E-state index in [1.807, 2.05) is 6.07 Å². The van der Waals surface area contributed by atoms with E-state index in [1.165, 1.54) is 24.3 Å². The third-order valence-electron chi connectivity index (χ3n) is 2.30. The van der Waals surface area contributed by atoms with Gasteiger partial charge < -0.3 is 4.98 Å². The molecule has 8 heteroatoms. The van der Waals surface area contributed by atoms with Crippen molar-refractivity contribution in [3.63, 3.8) is 0 Å². The Kier molecular flexibility index (Phi) is 3.80. The largest absolute Gasteiger partial charge is 0.315 e. The second kappa shape index (κ2) is 5.36. The molecule has 6 nitrogen and oxygen atoms in total. The standard InChI is InChI=1S/C11H9N3O3S2/c12-5-8-2-1-3-10(4-8)19(16,17)13-6-9-7-18-11(15)14-9/h1-4,7,13H,6H2,(H,14,15). The summed E-state index contributed by atoms with van der Waals surface area (Å²) in [6.45, 7) is -0.00213. The Hall–Kier alpha value is -1.95. The number of hydrogen-bond donors (Lipinski definition) is 2. The van der Waals surface area contributed by atoms with Crippen LogP contribution in [-0.4, -0.2) is 13.4 Å². The Morgan fingerprint density at radius 3 is 2.84 bits per heavy atom. The molecule has 0 radical (unpaired) electrons. The third kappa shape index (κ3) is 3.29. The fraction of sp³-hybridized carbons (Fsp3) is 0.0909. The van der Waals surface area contributed by atoms with Crippen LogP contribution < -0.4 is 9.60 Å². The van der Waals surface area contributed by atoms with Crippen LogP contribution in [0.1, 0.15) is 11.3 Å². The average Bonchev–Trinajstić information content (AvgIpc) is 2.82. The normalized spacial score (nSPS) is 11.1. The predicted octanol–water partition coefficient (Wildman–Crippen LogP) is 0.787. The van der Waals surface area contributed by atoms with Crippen molar-refractivity contribution in [2.45, 2.75) is 11.4 Å². The Morgan fingerprint density at radius 2 is 2.21 bits per heavy atom. The number of nitrogens with zero attached hydrogens (tertiary/aromatic N) is 1. The molecule has 0 saturated heterocycles. The molecule has 1 aromatic heterocycles. The van der Waals surface area contributed by atoms with Crippen LogP contribution >= 0.6 is 11.3 Å². The molecule has 0 aliphatic carbocycles. The number of H-pyrrole nitrogens is 1. The van der Waals surface area contributed by atoms with Gasteiger partial charge in [0, 0.05) is 11.1 Å². The van der Waals surface area contributed by atoms with Crippen molar-refractivity contribution in [3.05, 3.63) is 50.6 Å². The van der Waals surface area contributed by atoms with Crippen molar-refractivity contribution < 1.29 is 8.42 Å². The molecule has 0 aliphatic rings. The van der Waals surface area contributed by atoms with Gasteiger partial charge in [0.05, 0.1) is 23.1 Å². The molecule has 0 bridgehead atoms. The molecular formula is C11H9N3O3S2. The van der Waals surface area contributed by atoms with Gasteiger partial charge in [0.25, 0.3) is 0 Å². The minimum atomic E-state index is -3.70. The van der Waals surface area contributed by atoms with Crippen molar-refractivity contribution in [2.75, 3.05) is 0 Å². The average molecular weight is 295 g/mol. The van der Waals surface area contributed by atoms with E-state index in [0.29, 0.717) is 5.69 Å². The fourth-order valence-electron chi connectivity index (χ4n) is 1.39. The van der Waals surface area contributed by atoms with E-state index in [4.69, 9.17) is 5.26 Å². The van der Waals surface area contributed by atoms with Crippen molar-refractivity contribution in [2.24, 2.45) is 0 Å². The van der Waals surface area contributed by atoms with Crippen LogP contribution in [0.25, 0.3) is 0 Å². The number of benzene rings is 1. The summed E-state index contributed by atoms with van der Waals surface area (Å²) in [5, 5.41) is 10.3. The smallest absolute Gasteiger partial charge is 0.304 e. The molecule has 0 aliphatic heterocycles. The van der Waals surface area contributed by atoms with Crippen molar-refractivity contribution in [3.8, 4) is 6.07 Å². The zero-order chi connectivity index (χ0) is 13.9. The van der Waals surface area contributed by atoms with Gasteiger partial charge >= 0.3 is 4.87 Å². The lowest BCUT2D eigenvalue weighted by atomic mass is 10.2. The van der Waals surface area contributed by atoms with Crippen LogP contribution in [0.15, 0.2) is 39.3 Å². The first-order chi connectivity index (χ1) is 9.01. The van der Waals surface area contributed by atoms with Gasteiger partial charge in [0.2, 0.25) is 10.0 Å².